The summed E-state index contributed by atoms with van der Waals surface area (Å²) in [5, 5.41) is 3.14. The van der Waals surface area contributed by atoms with Gasteiger partial charge in [0.1, 0.15) is 5.75 Å². The van der Waals surface area contributed by atoms with Crippen molar-refractivity contribution in [3.8, 4) is 5.75 Å². The van der Waals surface area contributed by atoms with E-state index in [2.05, 4.69) is 10.0 Å². The van der Waals surface area contributed by atoms with Crippen molar-refractivity contribution in [2.75, 3.05) is 19.0 Å². The molecule has 2 aromatic carbocycles. The van der Waals surface area contributed by atoms with Gasteiger partial charge < -0.3 is 10.1 Å². The van der Waals surface area contributed by atoms with E-state index < -0.39 is 10.0 Å². The highest BCUT2D eigenvalue weighted by Gasteiger charge is 2.10. The van der Waals surface area contributed by atoms with Crippen molar-refractivity contribution >= 4 is 39.3 Å². The predicted octanol–water partition coefficient (Wildman–Crippen LogP) is 3.93. The third-order valence-electron chi connectivity index (χ3n) is 3.66. The molecule has 1 amide bonds. The Balaban J connectivity index is 1.99. The molecule has 0 saturated heterocycles. The van der Waals surface area contributed by atoms with Gasteiger partial charge in [0, 0.05) is 11.8 Å². The lowest BCUT2D eigenvalue weighted by Crippen LogP contribution is -2.18. The van der Waals surface area contributed by atoms with Crippen LogP contribution in [0.4, 0.5) is 5.69 Å². The molecule has 150 valence electrons. The number of benzene rings is 2. The van der Waals surface area contributed by atoms with Gasteiger partial charge in [-0.2, -0.15) is 0 Å². The molecular weight excluding hydrogens is 400 g/mol. The fourth-order valence-corrected chi connectivity index (χ4v) is 3.15. The average Bonchev–Trinajstić information content (AvgIpc) is 2.66. The van der Waals surface area contributed by atoms with Gasteiger partial charge in [0.25, 0.3) is 0 Å². The summed E-state index contributed by atoms with van der Waals surface area (Å²) in [6, 6.07) is 11.2. The van der Waals surface area contributed by atoms with E-state index in [0.29, 0.717) is 34.5 Å². The van der Waals surface area contributed by atoms with E-state index in [1.165, 1.54) is 25.3 Å². The molecule has 0 saturated carbocycles. The lowest BCUT2D eigenvalue weighted by atomic mass is 10.2. The second-order valence-electron chi connectivity index (χ2n) is 6.45. The van der Waals surface area contributed by atoms with E-state index in [-0.39, 0.29) is 10.8 Å². The van der Waals surface area contributed by atoms with Crippen LogP contribution in [0.3, 0.4) is 0 Å². The van der Waals surface area contributed by atoms with Crippen LogP contribution in [0.25, 0.3) is 6.08 Å². The van der Waals surface area contributed by atoms with E-state index in [9.17, 15) is 13.2 Å². The summed E-state index contributed by atoms with van der Waals surface area (Å²) in [4.78, 5) is 12.2. The fourth-order valence-electron chi connectivity index (χ4n) is 2.18. The minimum Gasteiger partial charge on any atom is -0.492 e. The molecule has 0 radical (unpaired) electrons. The van der Waals surface area contributed by atoms with Crippen LogP contribution in [0.15, 0.2) is 53.4 Å². The van der Waals surface area contributed by atoms with Crippen LogP contribution in [0.1, 0.15) is 19.4 Å². The first-order chi connectivity index (χ1) is 13.2. The summed E-state index contributed by atoms with van der Waals surface area (Å²) in [7, 11) is -2.13. The molecule has 0 aliphatic carbocycles. The van der Waals surface area contributed by atoms with Crippen molar-refractivity contribution in [1.29, 1.82) is 0 Å². The highest BCUT2D eigenvalue weighted by Crippen LogP contribution is 2.28. The molecule has 0 spiro atoms. The first-order valence-corrected chi connectivity index (χ1v) is 10.5. The standard InChI is InChI=1S/C20H23ClN2O4S/c1-14(2)13-27-19-10-7-16(12-18(19)21)23-20(24)11-6-15-4-8-17(9-5-15)28(25,26)22-3/h4-12,14,22H,13H2,1-3H3,(H,23,24)/b11-6+. The summed E-state index contributed by atoms with van der Waals surface area (Å²) < 4.78 is 31.2. The number of sulfonamides is 1. The van der Waals surface area contributed by atoms with Gasteiger partial charge >= 0.3 is 0 Å². The highest BCUT2D eigenvalue weighted by molar-refractivity contribution is 7.89. The monoisotopic (exact) mass is 422 g/mol. The van der Waals surface area contributed by atoms with Crippen molar-refractivity contribution in [2.45, 2.75) is 18.7 Å². The lowest BCUT2D eigenvalue weighted by Gasteiger charge is -2.11. The molecule has 2 aromatic rings. The Morgan fingerprint density at radius 2 is 1.86 bits per heavy atom. The Morgan fingerprint density at radius 3 is 2.43 bits per heavy atom. The number of amides is 1. The second kappa shape index (κ2) is 9.73. The number of nitrogens with one attached hydrogen (secondary N) is 2. The van der Waals surface area contributed by atoms with Gasteiger partial charge in [0.2, 0.25) is 15.9 Å². The van der Waals surface area contributed by atoms with Gasteiger partial charge in [0.15, 0.2) is 0 Å². The fraction of sp³-hybridized carbons (Fsp3) is 0.250. The number of rotatable bonds is 8. The molecule has 0 fully saturated rings. The lowest BCUT2D eigenvalue weighted by molar-refractivity contribution is -0.111. The summed E-state index contributed by atoms with van der Waals surface area (Å²) in [5.74, 6) is 0.618. The molecule has 0 aliphatic rings. The van der Waals surface area contributed by atoms with Gasteiger partial charge in [-0.05, 0) is 54.9 Å². The Hall–Kier alpha value is -2.35. The maximum atomic E-state index is 12.1. The SMILES string of the molecule is CNS(=O)(=O)c1ccc(/C=C/C(=O)Nc2ccc(OCC(C)C)c(Cl)c2)cc1. The summed E-state index contributed by atoms with van der Waals surface area (Å²) >= 11 is 6.18. The van der Waals surface area contributed by atoms with Crippen LogP contribution in [0.2, 0.25) is 5.02 Å². The van der Waals surface area contributed by atoms with Crippen LogP contribution >= 0.6 is 11.6 Å². The average molecular weight is 423 g/mol. The zero-order chi connectivity index (χ0) is 20.7. The van der Waals surface area contributed by atoms with Gasteiger partial charge in [-0.3, -0.25) is 4.79 Å². The van der Waals surface area contributed by atoms with Crippen LogP contribution in [-0.2, 0) is 14.8 Å². The molecule has 0 aliphatic heterocycles. The van der Waals surface area contributed by atoms with Crippen molar-refractivity contribution in [3.05, 3.63) is 59.1 Å². The zero-order valence-corrected chi connectivity index (χ0v) is 17.5. The number of carbonyl (C=O) groups excluding carboxylic acids is 1. The third kappa shape index (κ3) is 6.37. The molecule has 2 N–H and O–H groups in total. The number of ether oxygens (including phenoxy) is 1. The van der Waals surface area contributed by atoms with Gasteiger partial charge in [-0.1, -0.05) is 37.6 Å². The minimum atomic E-state index is -3.48. The smallest absolute Gasteiger partial charge is 0.248 e. The summed E-state index contributed by atoms with van der Waals surface area (Å²) in [6.07, 6.45) is 2.95. The molecule has 0 aromatic heterocycles. The molecule has 0 unspecified atom stereocenters. The highest BCUT2D eigenvalue weighted by atomic mass is 35.5. The van der Waals surface area contributed by atoms with Crippen LogP contribution in [0.5, 0.6) is 5.75 Å². The number of carbonyl (C=O) groups is 1. The van der Waals surface area contributed by atoms with E-state index in [1.54, 1.807) is 36.4 Å². The van der Waals surface area contributed by atoms with Crippen molar-refractivity contribution in [3.63, 3.8) is 0 Å². The van der Waals surface area contributed by atoms with Gasteiger partial charge in [0.05, 0.1) is 16.5 Å². The van der Waals surface area contributed by atoms with Crippen molar-refractivity contribution in [2.24, 2.45) is 5.92 Å². The number of anilines is 1. The molecule has 8 heteroatoms. The Kier molecular flexibility index (Phi) is 7.62. The quantitative estimate of drug-likeness (QED) is 0.631. The van der Waals surface area contributed by atoms with E-state index in [1.807, 2.05) is 13.8 Å². The number of hydrogen-bond acceptors (Lipinski definition) is 4. The summed E-state index contributed by atoms with van der Waals surface area (Å²) in [6.45, 7) is 4.65. The van der Waals surface area contributed by atoms with Crippen molar-refractivity contribution in [1.82, 2.24) is 4.72 Å². The van der Waals surface area contributed by atoms with E-state index >= 15 is 0 Å². The largest absolute Gasteiger partial charge is 0.492 e. The zero-order valence-electron chi connectivity index (χ0n) is 15.9. The molecular formula is C20H23ClN2O4S. The van der Waals surface area contributed by atoms with E-state index in [4.69, 9.17) is 16.3 Å². The number of halogens is 1. The Bertz CT molecular complexity index is 955. The second-order valence-corrected chi connectivity index (χ2v) is 8.74. The molecule has 0 bridgehead atoms. The first kappa shape index (κ1) is 21.9. The first-order valence-electron chi connectivity index (χ1n) is 8.66. The summed E-state index contributed by atoms with van der Waals surface area (Å²) in [5.41, 5.74) is 1.24. The van der Waals surface area contributed by atoms with Crippen LogP contribution in [0, 0.1) is 5.92 Å². The molecule has 6 nitrogen and oxygen atoms in total. The molecule has 0 atom stereocenters. The predicted molar refractivity (Wildman–Crippen MR) is 112 cm³/mol. The maximum Gasteiger partial charge on any atom is 0.248 e. The molecule has 2 rings (SSSR count). The third-order valence-corrected chi connectivity index (χ3v) is 5.38. The van der Waals surface area contributed by atoms with Gasteiger partial charge in [-0.15, -0.1) is 0 Å². The van der Waals surface area contributed by atoms with Crippen LogP contribution in [-0.4, -0.2) is 28.0 Å². The molecule has 0 heterocycles. The Labute approximate surface area is 170 Å². The number of hydrogen-bond donors (Lipinski definition) is 2. The normalized spacial score (nSPS) is 11.8. The maximum absolute atomic E-state index is 12.1. The van der Waals surface area contributed by atoms with Crippen molar-refractivity contribution < 1.29 is 17.9 Å². The Morgan fingerprint density at radius 1 is 1.18 bits per heavy atom. The van der Waals surface area contributed by atoms with Crippen LogP contribution < -0.4 is 14.8 Å². The van der Waals surface area contributed by atoms with Gasteiger partial charge in [-0.25, -0.2) is 13.1 Å². The van der Waals surface area contributed by atoms with E-state index in [0.717, 1.165) is 0 Å². The topological polar surface area (TPSA) is 84.5 Å². The minimum absolute atomic E-state index is 0.158. The molecule has 28 heavy (non-hydrogen) atoms.